The second-order valence-electron chi connectivity index (χ2n) is 5.61. The molecule has 0 spiro atoms. The van der Waals surface area contributed by atoms with E-state index < -0.39 is 12.1 Å². The van der Waals surface area contributed by atoms with Gasteiger partial charge in [-0.05, 0) is 36.6 Å². The normalized spacial score (nSPS) is 17.3. The summed E-state index contributed by atoms with van der Waals surface area (Å²) in [6.45, 7) is 6.24. The van der Waals surface area contributed by atoms with Gasteiger partial charge in [-0.15, -0.1) is 0 Å². The molecule has 0 aromatic heterocycles. The van der Waals surface area contributed by atoms with Crippen LogP contribution in [0.2, 0.25) is 0 Å². The number of fused-ring (bicyclic) bond motifs is 1. The standard InChI is InChI=1S/C17H21NO5/c1-5-18-12-8-11(6-7-14(19)20)9-13(22-4)16(12)23-15(10(2)3)17(18)21/h6-10,15H,5H2,1-4H3,(H,19,20)/b7-6+. The number of nitrogens with zero attached hydrogens (tertiary/aromatic N) is 1. The fourth-order valence-corrected chi connectivity index (χ4v) is 2.54. The molecule has 1 unspecified atom stereocenters. The number of methoxy groups -OCH3 is 1. The number of carboxylic acids is 1. The average Bonchev–Trinajstić information content (AvgIpc) is 2.51. The van der Waals surface area contributed by atoms with Crippen LogP contribution in [0.4, 0.5) is 5.69 Å². The Morgan fingerprint density at radius 3 is 2.70 bits per heavy atom. The van der Waals surface area contributed by atoms with Gasteiger partial charge in [-0.3, -0.25) is 4.79 Å². The van der Waals surface area contributed by atoms with Crippen molar-refractivity contribution in [1.82, 2.24) is 0 Å². The Kier molecular flexibility index (Phi) is 4.93. The number of rotatable bonds is 5. The molecule has 0 fully saturated rings. The van der Waals surface area contributed by atoms with Crippen LogP contribution in [0, 0.1) is 5.92 Å². The number of hydrogen-bond donors (Lipinski definition) is 1. The van der Waals surface area contributed by atoms with Crippen molar-refractivity contribution in [2.75, 3.05) is 18.6 Å². The van der Waals surface area contributed by atoms with Crippen LogP contribution in [0.1, 0.15) is 26.3 Å². The maximum atomic E-state index is 12.6. The summed E-state index contributed by atoms with van der Waals surface area (Å²) in [6, 6.07) is 3.43. The zero-order chi connectivity index (χ0) is 17.1. The van der Waals surface area contributed by atoms with Crippen LogP contribution in [0.15, 0.2) is 18.2 Å². The lowest BCUT2D eigenvalue weighted by molar-refractivity contribution is -0.131. The number of likely N-dealkylation sites (N-methyl/N-ethyl adjacent to an activating group) is 1. The summed E-state index contributed by atoms with van der Waals surface area (Å²) in [5.41, 5.74) is 1.22. The third-order valence-electron chi connectivity index (χ3n) is 3.66. The Morgan fingerprint density at radius 1 is 1.48 bits per heavy atom. The van der Waals surface area contributed by atoms with Crippen molar-refractivity contribution in [3.05, 3.63) is 23.8 Å². The van der Waals surface area contributed by atoms with Crippen molar-refractivity contribution in [1.29, 1.82) is 0 Å². The summed E-state index contributed by atoms with van der Waals surface area (Å²) >= 11 is 0. The van der Waals surface area contributed by atoms with Crippen molar-refractivity contribution >= 4 is 23.6 Å². The summed E-state index contributed by atoms with van der Waals surface area (Å²) in [4.78, 5) is 24.9. The van der Waals surface area contributed by atoms with E-state index in [2.05, 4.69) is 0 Å². The van der Waals surface area contributed by atoms with Gasteiger partial charge in [0.1, 0.15) is 0 Å². The van der Waals surface area contributed by atoms with Gasteiger partial charge in [0.2, 0.25) is 0 Å². The summed E-state index contributed by atoms with van der Waals surface area (Å²) in [5, 5.41) is 8.77. The van der Waals surface area contributed by atoms with Crippen LogP contribution in [0.5, 0.6) is 11.5 Å². The maximum Gasteiger partial charge on any atom is 0.328 e. The van der Waals surface area contributed by atoms with Crippen molar-refractivity contribution in [3.8, 4) is 11.5 Å². The van der Waals surface area contributed by atoms with Crippen molar-refractivity contribution < 1.29 is 24.2 Å². The first kappa shape index (κ1) is 16.9. The topological polar surface area (TPSA) is 76.1 Å². The van der Waals surface area contributed by atoms with Crippen molar-refractivity contribution in [3.63, 3.8) is 0 Å². The number of carboxylic acid groups (broad SMARTS) is 1. The molecule has 0 bridgehead atoms. The van der Waals surface area contributed by atoms with E-state index in [0.29, 0.717) is 29.3 Å². The predicted octanol–water partition coefficient (Wildman–Crippen LogP) is 2.56. The summed E-state index contributed by atoms with van der Waals surface area (Å²) < 4.78 is 11.3. The molecule has 2 rings (SSSR count). The fourth-order valence-electron chi connectivity index (χ4n) is 2.54. The van der Waals surface area contributed by atoms with Crippen LogP contribution in [0.25, 0.3) is 6.08 Å². The molecule has 1 amide bonds. The zero-order valence-corrected chi connectivity index (χ0v) is 13.7. The van der Waals surface area contributed by atoms with Gasteiger partial charge in [0.25, 0.3) is 5.91 Å². The molecule has 1 aliphatic heterocycles. The lowest BCUT2D eigenvalue weighted by Crippen LogP contribution is -2.48. The van der Waals surface area contributed by atoms with Gasteiger partial charge < -0.3 is 19.5 Å². The number of amides is 1. The molecular weight excluding hydrogens is 298 g/mol. The van der Waals surface area contributed by atoms with Gasteiger partial charge in [-0.1, -0.05) is 13.8 Å². The molecule has 0 saturated carbocycles. The predicted molar refractivity (Wildman–Crippen MR) is 86.9 cm³/mol. The number of hydrogen-bond acceptors (Lipinski definition) is 4. The minimum absolute atomic E-state index is 0.0287. The van der Waals surface area contributed by atoms with E-state index in [4.69, 9.17) is 14.6 Å². The molecule has 1 aromatic rings. The molecule has 1 N–H and O–H groups in total. The fraction of sp³-hybridized carbons (Fsp3) is 0.412. The number of carbonyl (C=O) groups excluding carboxylic acids is 1. The van der Waals surface area contributed by atoms with E-state index in [1.807, 2.05) is 20.8 Å². The van der Waals surface area contributed by atoms with E-state index in [1.165, 1.54) is 13.2 Å². The highest BCUT2D eigenvalue weighted by Crippen LogP contribution is 2.43. The SMILES string of the molecule is CCN1C(=O)C(C(C)C)Oc2c(OC)cc(/C=C/C(=O)O)cc21. The van der Waals surface area contributed by atoms with E-state index in [9.17, 15) is 9.59 Å². The lowest BCUT2D eigenvalue weighted by Gasteiger charge is -2.36. The van der Waals surface area contributed by atoms with E-state index in [-0.39, 0.29) is 11.8 Å². The van der Waals surface area contributed by atoms with E-state index in [0.717, 1.165) is 6.08 Å². The monoisotopic (exact) mass is 319 g/mol. The molecule has 1 aromatic carbocycles. The highest BCUT2D eigenvalue weighted by molar-refractivity contribution is 6.01. The van der Waals surface area contributed by atoms with Crippen LogP contribution < -0.4 is 14.4 Å². The Morgan fingerprint density at radius 2 is 2.17 bits per heavy atom. The third kappa shape index (κ3) is 3.31. The number of benzene rings is 1. The van der Waals surface area contributed by atoms with Gasteiger partial charge >= 0.3 is 5.97 Å². The largest absolute Gasteiger partial charge is 0.493 e. The van der Waals surface area contributed by atoms with Gasteiger partial charge in [-0.25, -0.2) is 4.79 Å². The quantitative estimate of drug-likeness (QED) is 0.844. The average molecular weight is 319 g/mol. The van der Waals surface area contributed by atoms with E-state index in [1.54, 1.807) is 17.0 Å². The molecular formula is C17H21NO5. The minimum atomic E-state index is -1.04. The number of ether oxygens (including phenoxy) is 2. The summed E-state index contributed by atoms with van der Waals surface area (Å²) in [6.07, 6.45) is 1.94. The molecule has 0 radical (unpaired) electrons. The molecule has 6 nitrogen and oxygen atoms in total. The first-order valence-corrected chi connectivity index (χ1v) is 7.50. The first-order valence-electron chi connectivity index (χ1n) is 7.50. The lowest BCUT2D eigenvalue weighted by atomic mass is 10.0. The highest BCUT2D eigenvalue weighted by atomic mass is 16.5. The molecule has 0 saturated heterocycles. The molecule has 23 heavy (non-hydrogen) atoms. The Bertz CT molecular complexity index is 651. The number of carbonyl (C=O) groups is 2. The number of aliphatic carboxylic acids is 1. The van der Waals surface area contributed by atoms with E-state index >= 15 is 0 Å². The summed E-state index contributed by atoms with van der Waals surface area (Å²) in [7, 11) is 1.51. The second-order valence-corrected chi connectivity index (χ2v) is 5.61. The molecule has 1 atom stereocenters. The van der Waals surface area contributed by atoms with Crippen LogP contribution in [0.3, 0.4) is 0 Å². The maximum absolute atomic E-state index is 12.6. The van der Waals surface area contributed by atoms with Crippen LogP contribution >= 0.6 is 0 Å². The van der Waals surface area contributed by atoms with Gasteiger partial charge in [0, 0.05) is 12.6 Å². The summed E-state index contributed by atoms with van der Waals surface area (Å²) in [5.74, 6) is -0.122. The second kappa shape index (κ2) is 6.73. The molecule has 6 heteroatoms. The third-order valence-corrected chi connectivity index (χ3v) is 3.66. The van der Waals surface area contributed by atoms with Gasteiger partial charge in [0.05, 0.1) is 12.8 Å². The molecule has 124 valence electrons. The first-order chi connectivity index (χ1) is 10.9. The van der Waals surface area contributed by atoms with Crippen LogP contribution in [-0.4, -0.2) is 36.7 Å². The highest BCUT2D eigenvalue weighted by Gasteiger charge is 2.37. The van der Waals surface area contributed by atoms with Crippen molar-refractivity contribution in [2.45, 2.75) is 26.9 Å². The van der Waals surface area contributed by atoms with Gasteiger partial charge in [0.15, 0.2) is 17.6 Å². The minimum Gasteiger partial charge on any atom is -0.493 e. The van der Waals surface area contributed by atoms with Gasteiger partial charge in [-0.2, -0.15) is 0 Å². The molecule has 0 aliphatic carbocycles. The Balaban J connectivity index is 2.56. The smallest absolute Gasteiger partial charge is 0.328 e. The molecule has 1 aliphatic rings. The molecule has 1 heterocycles. The Labute approximate surface area is 135 Å². The van der Waals surface area contributed by atoms with Crippen molar-refractivity contribution in [2.24, 2.45) is 5.92 Å². The zero-order valence-electron chi connectivity index (χ0n) is 13.7. The van der Waals surface area contributed by atoms with Crippen LogP contribution in [-0.2, 0) is 9.59 Å². The number of anilines is 1. The Hall–Kier alpha value is -2.50.